The highest BCUT2D eigenvalue weighted by Gasteiger charge is 2.26. The Morgan fingerprint density at radius 2 is 2.07 bits per heavy atom. The number of hydrogen-bond donors (Lipinski definition) is 3. The molecule has 0 unspecified atom stereocenters. The van der Waals surface area contributed by atoms with E-state index in [1.165, 1.54) is 16.7 Å². The van der Waals surface area contributed by atoms with Gasteiger partial charge in [-0.2, -0.15) is 0 Å². The van der Waals surface area contributed by atoms with E-state index in [0.29, 0.717) is 0 Å². The van der Waals surface area contributed by atoms with Crippen LogP contribution in [-0.4, -0.2) is 38.5 Å². The Labute approximate surface area is 160 Å². The lowest BCUT2D eigenvalue weighted by atomic mass is 9.91. The van der Waals surface area contributed by atoms with Crippen LogP contribution in [0.2, 0.25) is 0 Å². The van der Waals surface area contributed by atoms with Gasteiger partial charge in [0.05, 0.1) is 5.39 Å². The second-order valence-corrected chi connectivity index (χ2v) is 8.03. The second-order valence-electron chi connectivity index (χ2n) is 8.03. The maximum atomic E-state index is 6.27. The number of aromatic amines is 1. The Bertz CT molecular complexity index is 919. The lowest BCUT2D eigenvalue weighted by molar-refractivity contribution is 0.165. The summed E-state index contributed by atoms with van der Waals surface area (Å²) in [6.45, 7) is 7.95. The summed E-state index contributed by atoms with van der Waals surface area (Å²) < 4.78 is 0. The van der Waals surface area contributed by atoms with Crippen molar-refractivity contribution in [3.63, 3.8) is 0 Å². The van der Waals surface area contributed by atoms with Crippen molar-refractivity contribution >= 4 is 16.9 Å². The van der Waals surface area contributed by atoms with Gasteiger partial charge >= 0.3 is 0 Å². The molecule has 1 aromatic carbocycles. The summed E-state index contributed by atoms with van der Waals surface area (Å²) in [4.78, 5) is 14.7. The van der Waals surface area contributed by atoms with Gasteiger partial charge in [0, 0.05) is 37.9 Å². The summed E-state index contributed by atoms with van der Waals surface area (Å²) in [5, 5.41) is 4.59. The number of rotatable bonds is 5. The van der Waals surface area contributed by atoms with Crippen LogP contribution in [0.4, 0.5) is 5.82 Å². The van der Waals surface area contributed by atoms with Gasteiger partial charge in [0.1, 0.15) is 17.8 Å². The quantitative estimate of drug-likeness (QED) is 0.648. The van der Waals surface area contributed by atoms with Crippen molar-refractivity contribution in [3.8, 4) is 0 Å². The molecule has 0 amide bonds. The maximum absolute atomic E-state index is 6.27. The number of H-pyrrole nitrogens is 1. The van der Waals surface area contributed by atoms with E-state index in [9.17, 15) is 0 Å². The molecule has 142 valence electrons. The van der Waals surface area contributed by atoms with Gasteiger partial charge in [-0.1, -0.05) is 29.8 Å². The molecule has 1 aliphatic heterocycles. The van der Waals surface area contributed by atoms with Crippen molar-refractivity contribution < 1.29 is 0 Å². The second kappa shape index (κ2) is 7.29. The standard InChI is InChI=1S/C21H28N6/c1-15-4-3-5-16(10-15)11-23-19-18-17(12-24-20(18)26-14-25-19)13-27-8-6-21(2,22)7-9-27/h3-5,10,12,14H,6-9,11,13,22H2,1-2H3,(H2,23,24,25,26). The van der Waals surface area contributed by atoms with Gasteiger partial charge in [-0.15, -0.1) is 0 Å². The fraction of sp³-hybridized carbons (Fsp3) is 0.429. The number of nitrogens with one attached hydrogen (secondary N) is 2. The molecule has 2 aromatic heterocycles. The summed E-state index contributed by atoms with van der Waals surface area (Å²) in [7, 11) is 0. The molecular weight excluding hydrogens is 336 g/mol. The first-order chi connectivity index (χ1) is 13.0. The third-order valence-electron chi connectivity index (χ3n) is 5.49. The Morgan fingerprint density at radius 1 is 1.26 bits per heavy atom. The fourth-order valence-electron chi connectivity index (χ4n) is 3.76. The van der Waals surface area contributed by atoms with E-state index >= 15 is 0 Å². The summed E-state index contributed by atoms with van der Waals surface area (Å²) >= 11 is 0. The largest absolute Gasteiger partial charge is 0.365 e. The molecule has 1 saturated heterocycles. The van der Waals surface area contributed by atoms with Crippen LogP contribution in [0.15, 0.2) is 36.8 Å². The molecule has 6 nitrogen and oxygen atoms in total. The van der Waals surface area contributed by atoms with E-state index in [1.54, 1.807) is 6.33 Å². The highest BCUT2D eigenvalue weighted by Crippen LogP contribution is 2.27. The van der Waals surface area contributed by atoms with Crippen LogP contribution in [0.5, 0.6) is 0 Å². The molecule has 0 spiro atoms. The predicted octanol–water partition coefficient (Wildman–Crippen LogP) is 3.19. The average molecular weight is 364 g/mol. The summed E-state index contributed by atoms with van der Waals surface area (Å²) in [6.07, 6.45) is 5.74. The molecule has 0 aliphatic carbocycles. The molecule has 3 heterocycles. The smallest absolute Gasteiger partial charge is 0.143 e. The van der Waals surface area contributed by atoms with E-state index < -0.39 is 0 Å². The van der Waals surface area contributed by atoms with E-state index in [-0.39, 0.29) is 5.54 Å². The number of aromatic nitrogens is 3. The van der Waals surface area contributed by atoms with Crippen molar-refractivity contribution in [2.75, 3.05) is 18.4 Å². The minimum Gasteiger partial charge on any atom is -0.365 e. The van der Waals surface area contributed by atoms with Crippen LogP contribution < -0.4 is 11.1 Å². The van der Waals surface area contributed by atoms with Crippen LogP contribution in [0.1, 0.15) is 36.5 Å². The number of nitrogens with zero attached hydrogens (tertiary/aromatic N) is 3. The van der Waals surface area contributed by atoms with Gasteiger partial charge in [-0.05, 0) is 37.8 Å². The zero-order valence-electron chi connectivity index (χ0n) is 16.1. The van der Waals surface area contributed by atoms with E-state index in [4.69, 9.17) is 5.73 Å². The zero-order chi connectivity index (χ0) is 18.9. The SMILES string of the molecule is Cc1cccc(CNc2ncnc3[nH]cc(CN4CCC(C)(N)CC4)c23)c1. The molecule has 4 rings (SSSR count). The molecule has 1 fully saturated rings. The highest BCUT2D eigenvalue weighted by atomic mass is 15.1. The monoisotopic (exact) mass is 364 g/mol. The molecule has 3 aromatic rings. The fourth-order valence-corrected chi connectivity index (χ4v) is 3.76. The third kappa shape index (κ3) is 4.12. The number of likely N-dealkylation sites (tertiary alicyclic amines) is 1. The first-order valence-corrected chi connectivity index (χ1v) is 9.62. The molecule has 0 bridgehead atoms. The number of nitrogens with two attached hydrogens (primary N) is 1. The van der Waals surface area contributed by atoms with E-state index in [2.05, 4.69) is 69.5 Å². The van der Waals surface area contributed by atoms with Crippen molar-refractivity contribution in [2.45, 2.75) is 45.3 Å². The van der Waals surface area contributed by atoms with Crippen LogP contribution in [-0.2, 0) is 13.1 Å². The number of piperidine rings is 1. The lowest BCUT2D eigenvalue weighted by Crippen LogP contribution is -2.47. The summed E-state index contributed by atoms with van der Waals surface area (Å²) in [5.41, 5.74) is 10.9. The van der Waals surface area contributed by atoms with Crippen LogP contribution in [0.25, 0.3) is 11.0 Å². The minimum atomic E-state index is -0.0274. The molecule has 27 heavy (non-hydrogen) atoms. The van der Waals surface area contributed by atoms with Crippen LogP contribution >= 0.6 is 0 Å². The molecule has 1 aliphatic rings. The van der Waals surface area contributed by atoms with Crippen LogP contribution in [0.3, 0.4) is 0 Å². The Kier molecular flexibility index (Phi) is 4.85. The number of anilines is 1. The van der Waals surface area contributed by atoms with Gasteiger partial charge in [0.2, 0.25) is 0 Å². The zero-order valence-corrected chi connectivity index (χ0v) is 16.1. The Balaban J connectivity index is 1.52. The third-order valence-corrected chi connectivity index (χ3v) is 5.49. The van der Waals surface area contributed by atoms with Crippen molar-refractivity contribution in [1.29, 1.82) is 0 Å². The van der Waals surface area contributed by atoms with Crippen molar-refractivity contribution in [1.82, 2.24) is 19.9 Å². The van der Waals surface area contributed by atoms with Crippen molar-refractivity contribution in [2.24, 2.45) is 5.73 Å². The minimum absolute atomic E-state index is 0.0274. The van der Waals surface area contributed by atoms with Crippen LogP contribution in [0, 0.1) is 6.92 Å². The van der Waals surface area contributed by atoms with Crippen molar-refractivity contribution in [3.05, 3.63) is 53.5 Å². The number of fused-ring (bicyclic) bond motifs is 1. The summed E-state index contributed by atoms with van der Waals surface area (Å²) in [5.74, 6) is 0.887. The average Bonchev–Trinajstić information content (AvgIpc) is 3.05. The Morgan fingerprint density at radius 3 is 2.85 bits per heavy atom. The first kappa shape index (κ1) is 17.9. The number of aryl methyl sites for hydroxylation is 1. The topological polar surface area (TPSA) is 82.9 Å². The van der Waals surface area contributed by atoms with Gasteiger partial charge in [-0.25, -0.2) is 9.97 Å². The number of benzene rings is 1. The molecule has 0 saturated carbocycles. The lowest BCUT2D eigenvalue weighted by Gasteiger charge is -2.36. The molecule has 0 atom stereocenters. The van der Waals surface area contributed by atoms with Gasteiger partial charge in [0.25, 0.3) is 0 Å². The first-order valence-electron chi connectivity index (χ1n) is 9.62. The van der Waals surface area contributed by atoms with Gasteiger partial charge in [0.15, 0.2) is 0 Å². The molecule has 4 N–H and O–H groups in total. The Hall–Kier alpha value is -2.44. The van der Waals surface area contributed by atoms with E-state index in [1.807, 2.05) is 0 Å². The summed E-state index contributed by atoms with van der Waals surface area (Å²) in [6, 6.07) is 8.53. The number of hydrogen-bond acceptors (Lipinski definition) is 5. The van der Waals surface area contributed by atoms with Gasteiger partial charge in [-0.3, -0.25) is 4.90 Å². The molecular formula is C21H28N6. The van der Waals surface area contributed by atoms with E-state index in [0.717, 1.165) is 55.9 Å². The highest BCUT2D eigenvalue weighted by molar-refractivity contribution is 5.90. The molecule has 6 heteroatoms. The maximum Gasteiger partial charge on any atom is 0.143 e. The normalized spacial score (nSPS) is 17.3. The predicted molar refractivity (Wildman–Crippen MR) is 109 cm³/mol. The molecule has 0 radical (unpaired) electrons. The van der Waals surface area contributed by atoms with Gasteiger partial charge < -0.3 is 16.0 Å².